The normalized spacial score (nSPS) is 10.9. The van der Waals surface area contributed by atoms with Crippen LogP contribution in [0.2, 0.25) is 0 Å². The number of nitrogens with one attached hydrogen (secondary N) is 1. The second-order valence-electron chi connectivity index (χ2n) is 6.82. The Kier molecular flexibility index (Phi) is 9.77. The van der Waals surface area contributed by atoms with Crippen LogP contribution in [0.5, 0.6) is 23.0 Å². The number of methoxy groups -OCH3 is 2. The molecule has 1 aromatic heterocycles. The minimum atomic E-state index is -0.564. The molecule has 0 aliphatic rings. The summed E-state index contributed by atoms with van der Waals surface area (Å²) in [6, 6.07) is 14.5. The van der Waals surface area contributed by atoms with Crippen LogP contribution in [0.1, 0.15) is 12.0 Å². The van der Waals surface area contributed by atoms with Crippen molar-refractivity contribution in [3.63, 3.8) is 0 Å². The Labute approximate surface area is 211 Å². The molecule has 0 spiro atoms. The molecule has 0 saturated carbocycles. The number of carbonyl (C=O) groups is 1. The highest BCUT2D eigenvalue weighted by Gasteiger charge is 2.14. The minimum Gasteiger partial charge on any atom is -0.493 e. The molecule has 182 valence electrons. The summed E-state index contributed by atoms with van der Waals surface area (Å²) in [6.45, 7) is 0.865. The highest BCUT2D eigenvalue weighted by molar-refractivity contribution is 7.98. The lowest BCUT2D eigenvalue weighted by Crippen LogP contribution is -2.13. The Hall–Kier alpha value is -3.75. The fraction of sp³-hybridized carbons (Fsp3) is 0.250. The van der Waals surface area contributed by atoms with Crippen LogP contribution in [0.3, 0.4) is 0 Å². The number of hydrogen-bond acceptors (Lipinski definition) is 10. The number of nitriles is 1. The molecule has 0 atom stereocenters. The standard InChI is InChI=1S/C24H24N4O5S2/c1-30-18-7-4-5-8-19(18)32-11-6-12-33-20-10-9-16(14-21(20)31-2)13-17(15-25)22(29)26-23-27-24(34-3)28-35-23/h4-5,7-10,13-14H,6,11-12H2,1-3H3,(H,26,27,28,29)/b17-13-. The minimum absolute atomic E-state index is 0.0740. The van der Waals surface area contributed by atoms with Crippen molar-refractivity contribution in [1.82, 2.24) is 9.36 Å². The van der Waals surface area contributed by atoms with Crippen molar-refractivity contribution in [3.8, 4) is 29.1 Å². The Morgan fingerprint density at radius 3 is 2.40 bits per heavy atom. The zero-order valence-electron chi connectivity index (χ0n) is 19.4. The Balaban J connectivity index is 1.57. The average molecular weight is 513 g/mol. The Bertz CT molecular complexity index is 1220. The van der Waals surface area contributed by atoms with E-state index in [9.17, 15) is 10.1 Å². The number of para-hydroxylation sites is 2. The topological polar surface area (TPSA) is 116 Å². The summed E-state index contributed by atoms with van der Waals surface area (Å²) in [7, 11) is 3.12. The summed E-state index contributed by atoms with van der Waals surface area (Å²) < 4.78 is 26.4. The lowest BCUT2D eigenvalue weighted by Gasteiger charge is -2.13. The molecule has 0 fully saturated rings. The molecule has 35 heavy (non-hydrogen) atoms. The van der Waals surface area contributed by atoms with Gasteiger partial charge in [-0.25, -0.2) is 0 Å². The summed E-state index contributed by atoms with van der Waals surface area (Å²) >= 11 is 2.42. The number of benzene rings is 2. The molecule has 9 nitrogen and oxygen atoms in total. The number of ether oxygens (including phenoxy) is 4. The molecule has 1 N–H and O–H groups in total. The van der Waals surface area contributed by atoms with Crippen molar-refractivity contribution in [1.29, 1.82) is 5.26 Å². The van der Waals surface area contributed by atoms with Gasteiger partial charge in [-0.3, -0.25) is 10.1 Å². The zero-order chi connectivity index (χ0) is 25.0. The summed E-state index contributed by atoms with van der Waals surface area (Å²) in [5.74, 6) is 1.82. The van der Waals surface area contributed by atoms with E-state index in [0.29, 0.717) is 58.5 Å². The maximum atomic E-state index is 12.5. The van der Waals surface area contributed by atoms with E-state index in [1.165, 1.54) is 24.9 Å². The van der Waals surface area contributed by atoms with E-state index in [2.05, 4.69) is 14.7 Å². The average Bonchev–Trinajstić information content (AvgIpc) is 3.35. The van der Waals surface area contributed by atoms with Crippen molar-refractivity contribution in [2.45, 2.75) is 11.6 Å². The van der Waals surface area contributed by atoms with E-state index in [1.54, 1.807) is 25.3 Å². The van der Waals surface area contributed by atoms with Crippen LogP contribution in [0.15, 0.2) is 53.2 Å². The fourth-order valence-corrected chi connectivity index (χ4v) is 4.00. The van der Waals surface area contributed by atoms with Gasteiger partial charge in [0.1, 0.15) is 11.6 Å². The van der Waals surface area contributed by atoms with E-state index >= 15 is 0 Å². The van der Waals surface area contributed by atoms with Crippen molar-refractivity contribution in [2.75, 3.05) is 39.0 Å². The summed E-state index contributed by atoms with van der Waals surface area (Å²) in [6.07, 6.45) is 3.95. The number of thioether (sulfide) groups is 1. The summed E-state index contributed by atoms with van der Waals surface area (Å²) in [5, 5.41) is 12.9. The number of hydrogen-bond donors (Lipinski definition) is 1. The van der Waals surface area contributed by atoms with E-state index in [0.717, 1.165) is 11.5 Å². The lowest BCUT2D eigenvalue weighted by molar-refractivity contribution is -0.112. The van der Waals surface area contributed by atoms with Gasteiger partial charge < -0.3 is 18.9 Å². The van der Waals surface area contributed by atoms with Crippen molar-refractivity contribution in [3.05, 3.63) is 53.6 Å². The van der Waals surface area contributed by atoms with E-state index in [1.807, 2.05) is 36.6 Å². The molecule has 11 heteroatoms. The first-order chi connectivity index (χ1) is 17.1. The zero-order valence-corrected chi connectivity index (χ0v) is 21.1. The maximum Gasteiger partial charge on any atom is 0.268 e. The molecule has 0 saturated heterocycles. The van der Waals surface area contributed by atoms with Crippen molar-refractivity contribution < 1.29 is 23.7 Å². The van der Waals surface area contributed by atoms with Gasteiger partial charge in [-0.1, -0.05) is 30.0 Å². The molecule has 0 radical (unpaired) electrons. The van der Waals surface area contributed by atoms with Crippen molar-refractivity contribution >= 4 is 40.4 Å². The first-order valence-electron chi connectivity index (χ1n) is 10.5. The number of carbonyl (C=O) groups excluding carboxylic acids is 1. The van der Waals surface area contributed by atoms with E-state index in [-0.39, 0.29) is 5.57 Å². The number of anilines is 1. The number of amides is 1. The van der Waals surface area contributed by atoms with Crippen LogP contribution in [0.4, 0.5) is 5.13 Å². The van der Waals surface area contributed by atoms with Gasteiger partial charge in [-0.05, 0) is 42.2 Å². The highest BCUT2D eigenvalue weighted by Crippen LogP contribution is 2.30. The van der Waals surface area contributed by atoms with Crippen LogP contribution < -0.4 is 24.3 Å². The summed E-state index contributed by atoms with van der Waals surface area (Å²) in [5.41, 5.74) is 0.539. The van der Waals surface area contributed by atoms with Gasteiger partial charge in [0.15, 0.2) is 23.0 Å². The van der Waals surface area contributed by atoms with Gasteiger partial charge in [0.05, 0.1) is 27.4 Å². The monoisotopic (exact) mass is 512 g/mol. The SMILES string of the molecule is COc1ccccc1OCCCOc1ccc(/C=C(/C#N)C(=O)Nc2nc(SC)ns2)cc1OC. The molecule has 1 amide bonds. The van der Waals surface area contributed by atoms with Gasteiger partial charge in [0.2, 0.25) is 10.3 Å². The predicted octanol–water partition coefficient (Wildman–Crippen LogP) is 4.67. The molecule has 0 unspecified atom stereocenters. The largest absolute Gasteiger partial charge is 0.493 e. The molecule has 3 rings (SSSR count). The van der Waals surface area contributed by atoms with E-state index in [4.69, 9.17) is 18.9 Å². The summed E-state index contributed by atoms with van der Waals surface area (Å²) in [4.78, 5) is 16.6. The molecule has 0 bridgehead atoms. The molecule has 0 aliphatic heterocycles. The second kappa shape index (κ2) is 13.2. The number of nitrogens with zero attached hydrogens (tertiary/aromatic N) is 3. The Morgan fingerprint density at radius 1 is 1.09 bits per heavy atom. The molecule has 0 aliphatic carbocycles. The second-order valence-corrected chi connectivity index (χ2v) is 8.35. The fourth-order valence-electron chi connectivity index (χ4n) is 2.88. The smallest absolute Gasteiger partial charge is 0.268 e. The van der Waals surface area contributed by atoms with Crippen LogP contribution in [-0.4, -0.2) is 49.0 Å². The first kappa shape index (κ1) is 25.9. The number of aromatic nitrogens is 2. The molecule has 1 heterocycles. The number of rotatable bonds is 12. The first-order valence-corrected chi connectivity index (χ1v) is 12.4. The van der Waals surface area contributed by atoms with Crippen molar-refractivity contribution in [2.24, 2.45) is 0 Å². The third-order valence-electron chi connectivity index (χ3n) is 4.55. The van der Waals surface area contributed by atoms with Gasteiger partial charge >= 0.3 is 0 Å². The molecule has 3 aromatic rings. The quantitative estimate of drug-likeness (QED) is 0.160. The third kappa shape index (κ3) is 7.37. The molecular weight excluding hydrogens is 488 g/mol. The highest BCUT2D eigenvalue weighted by atomic mass is 32.2. The van der Waals surface area contributed by atoms with Crippen LogP contribution in [-0.2, 0) is 4.79 Å². The van der Waals surface area contributed by atoms with Crippen LogP contribution in [0, 0.1) is 11.3 Å². The predicted molar refractivity (Wildman–Crippen MR) is 136 cm³/mol. The van der Waals surface area contributed by atoms with Gasteiger partial charge in [0.25, 0.3) is 5.91 Å². The van der Waals surface area contributed by atoms with Gasteiger partial charge in [-0.2, -0.15) is 14.6 Å². The molecular formula is C24H24N4O5S2. The van der Waals surface area contributed by atoms with Gasteiger partial charge in [-0.15, -0.1) is 0 Å². The molecule has 2 aromatic carbocycles. The van der Waals surface area contributed by atoms with Gasteiger partial charge in [0, 0.05) is 18.0 Å². The third-order valence-corrected chi connectivity index (χ3v) is 5.84. The van der Waals surface area contributed by atoms with Crippen LogP contribution in [0.25, 0.3) is 6.08 Å². The Morgan fingerprint density at radius 2 is 1.77 bits per heavy atom. The van der Waals surface area contributed by atoms with Crippen LogP contribution >= 0.6 is 23.3 Å². The maximum absolute atomic E-state index is 12.5. The van der Waals surface area contributed by atoms with E-state index < -0.39 is 5.91 Å². The lowest BCUT2D eigenvalue weighted by atomic mass is 10.1.